The van der Waals surface area contributed by atoms with Crippen molar-refractivity contribution in [2.45, 2.75) is 13.0 Å². The highest BCUT2D eigenvalue weighted by Gasteiger charge is 2.25. The molecule has 3 heterocycles. The number of benzene rings is 1. The largest absolute Gasteiger partial charge is 0.443 e. The predicted molar refractivity (Wildman–Crippen MR) is 79.9 cm³/mol. The Balaban J connectivity index is 1.81. The van der Waals surface area contributed by atoms with Crippen LogP contribution in [0.1, 0.15) is 23.1 Å². The molecule has 0 saturated carbocycles. The number of fused-ring (bicyclic) bond motifs is 1. The number of hydrogen-bond acceptors (Lipinski definition) is 5. The summed E-state index contributed by atoms with van der Waals surface area (Å²) in [6.45, 7) is 1.88. The van der Waals surface area contributed by atoms with Gasteiger partial charge in [-0.05, 0) is 30.7 Å². The van der Waals surface area contributed by atoms with E-state index in [0.717, 1.165) is 28.0 Å². The van der Waals surface area contributed by atoms with E-state index in [-0.39, 0.29) is 11.9 Å². The zero-order valence-electron chi connectivity index (χ0n) is 11.8. The van der Waals surface area contributed by atoms with Crippen LogP contribution in [0.5, 0.6) is 0 Å². The molecule has 1 aliphatic heterocycles. The fraction of sp³-hybridized carbons (Fsp3) is 0.125. The molecule has 0 radical (unpaired) electrons. The van der Waals surface area contributed by atoms with Crippen molar-refractivity contribution in [3.8, 4) is 0 Å². The molecule has 0 spiro atoms. The summed E-state index contributed by atoms with van der Waals surface area (Å²) >= 11 is 0. The zero-order valence-corrected chi connectivity index (χ0v) is 11.8. The Kier molecular flexibility index (Phi) is 2.90. The second-order valence-electron chi connectivity index (χ2n) is 5.17. The molecule has 3 aromatic rings. The van der Waals surface area contributed by atoms with E-state index < -0.39 is 0 Å². The summed E-state index contributed by atoms with van der Waals surface area (Å²) in [5.74, 6) is 0.532. The molecule has 1 unspecified atom stereocenters. The van der Waals surface area contributed by atoms with Crippen molar-refractivity contribution in [3.05, 3.63) is 65.7 Å². The summed E-state index contributed by atoms with van der Waals surface area (Å²) < 4.78 is 18.7. The van der Waals surface area contributed by atoms with Crippen molar-refractivity contribution in [2.24, 2.45) is 0 Å². The Morgan fingerprint density at radius 2 is 2.00 bits per heavy atom. The number of nitrogens with zero attached hydrogens (tertiary/aromatic N) is 2. The molecule has 22 heavy (non-hydrogen) atoms. The highest BCUT2D eigenvalue weighted by atomic mass is 19.1. The van der Waals surface area contributed by atoms with Gasteiger partial charge in [-0.15, -0.1) is 0 Å². The number of hydrogen-bond donors (Lipinski definition) is 2. The number of nitrogens with one attached hydrogen (secondary N) is 2. The van der Waals surface area contributed by atoms with Crippen LogP contribution in [0.4, 0.5) is 4.39 Å². The van der Waals surface area contributed by atoms with Crippen LogP contribution >= 0.6 is 0 Å². The van der Waals surface area contributed by atoms with Gasteiger partial charge in [0.15, 0.2) is 0 Å². The van der Waals surface area contributed by atoms with Gasteiger partial charge < -0.3 is 9.84 Å². The Morgan fingerprint density at radius 3 is 2.82 bits per heavy atom. The molecule has 2 aromatic heterocycles. The van der Waals surface area contributed by atoms with Gasteiger partial charge in [0.25, 0.3) is 0 Å². The first-order chi connectivity index (χ1) is 10.7. The SMILES string of the molecule is Cc1cc2c(C3=CNNC3c3ccc(F)cc3)ncnc2o1. The van der Waals surface area contributed by atoms with Crippen molar-refractivity contribution in [3.63, 3.8) is 0 Å². The predicted octanol–water partition coefficient (Wildman–Crippen LogP) is 2.86. The number of hydrazine groups is 1. The Labute approximate surface area is 125 Å². The summed E-state index contributed by atoms with van der Waals surface area (Å²) in [5.41, 5.74) is 9.43. The van der Waals surface area contributed by atoms with Crippen molar-refractivity contribution in [2.75, 3.05) is 0 Å². The highest BCUT2D eigenvalue weighted by molar-refractivity contribution is 5.89. The fourth-order valence-corrected chi connectivity index (χ4v) is 2.69. The van der Waals surface area contributed by atoms with E-state index in [1.807, 2.05) is 19.2 Å². The minimum atomic E-state index is -0.255. The molecule has 1 aliphatic rings. The molecule has 0 saturated heterocycles. The Morgan fingerprint density at radius 1 is 1.18 bits per heavy atom. The van der Waals surface area contributed by atoms with Gasteiger partial charge in [-0.25, -0.2) is 19.8 Å². The van der Waals surface area contributed by atoms with Crippen molar-refractivity contribution in [1.29, 1.82) is 0 Å². The van der Waals surface area contributed by atoms with Gasteiger partial charge in [0.2, 0.25) is 5.71 Å². The maximum absolute atomic E-state index is 13.1. The summed E-state index contributed by atoms with van der Waals surface area (Å²) in [4.78, 5) is 8.55. The lowest BCUT2D eigenvalue weighted by molar-refractivity contribution is 0.567. The van der Waals surface area contributed by atoms with Crippen LogP contribution in [-0.2, 0) is 0 Å². The van der Waals surface area contributed by atoms with Crippen molar-refractivity contribution >= 4 is 16.7 Å². The molecule has 2 N–H and O–H groups in total. The van der Waals surface area contributed by atoms with Gasteiger partial charge in [-0.1, -0.05) is 12.1 Å². The third-order valence-corrected chi connectivity index (χ3v) is 3.70. The number of halogens is 1. The first kappa shape index (κ1) is 13.0. The lowest BCUT2D eigenvalue weighted by atomic mass is 9.97. The number of aryl methyl sites for hydroxylation is 1. The Bertz CT molecular complexity index is 869. The van der Waals surface area contributed by atoms with E-state index >= 15 is 0 Å². The topological polar surface area (TPSA) is 63.0 Å². The van der Waals surface area contributed by atoms with Gasteiger partial charge in [-0.3, -0.25) is 0 Å². The van der Waals surface area contributed by atoms with Crippen molar-refractivity contribution < 1.29 is 8.81 Å². The van der Waals surface area contributed by atoms with Gasteiger partial charge in [0.05, 0.1) is 17.1 Å². The van der Waals surface area contributed by atoms with Crippen LogP contribution in [0.2, 0.25) is 0 Å². The van der Waals surface area contributed by atoms with E-state index in [2.05, 4.69) is 20.8 Å². The summed E-state index contributed by atoms with van der Waals surface area (Å²) in [6, 6.07) is 8.22. The van der Waals surface area contributed by atoms with Crippen LogP contribution in [0.3, 0.4) is 0 Å². The molecule has 0 fully saturated rings. The van der Waals surface area contributed by atoms with Gasteiger partial charge >= 0.3 is 0 Å². The minimum absolute atomic E-state index is 0.117. The van der Waals surface area contributed by atoms with E-state index in [4.69, 9.17) is 4.42 Å². The lowest BCUT2D eigenvalue weighted by Gasteiger charge is -2.15. The molecule has 1 aromatic carbocycles. The number of aromatic nitrogens is 2. The van der Waals surface area contributed by atoms with Crippen LogP contribution < -0.4 is 10.9 Å². The lowest BCUT2D eigenvalue weighted by Crippen LogP contribution is -2.25. The molecule has 4 rings (SSSR count). The maximum atomic E-state index is 13.1. The highest BCUT2D eigenvalue weighted by Crippen LogP contribution is 2.34. The molecular formula is C16H13FN4O. The van der Waals surface area contributed by atoms with Gasteiger partial charge in [-0.2, -0.15) is 0 Å². The number of furan rings is 1. The van der Waals surface area contributed by atoms with Crippen LogP contribution in [-0.4, -0.2) is 9.97 Å². The Hall–Kier alpha value is -2.73. The molecule has 110 valence electrons. The van der Waals surface area contributed by atoms with E-state index in [0.29, 0.717) is 5.71 Å². The smallest absolute Gasteiger partial charge is 0.229 e. The van der Waals surface area contributed by atoms with Crippen LogP contribution in [0.25, 0.3) is 16.7 Å². The van der Waals surface area contributed by atoms with E-state index in [9.17, 15) is 4.39 Å². The summed E-state index contributed by atoms with van der Waals surface area (Å²) in [5, 5.41) is 0.865. The minimum Gasteiger partial charge on any atom is -0.443 e. The standard InChI is InChI=1S/C16H13FN4O/c1-9-6-12-15(18-8-19-16(12)22-9)13-7-20-21-14(13)10-2-4-11(17)5-3-10/h2-8,14,20-21H,1H3. The second kappa shape index (κ2) is 4.92. The monoisotopic (exact) mass is 296 g/mol. The average Bonchev–Trinajstić information content (AvgIpc) is 3.12. The molecule has 6 heteroatoms. The van der Waals surface area contributed by atoms with Crippen LogP contribution in [0, 0.1) is 12.7 Å². The summed E-state index contributed by atoms with van der Waals surface area (Å²) in [6.07, 6.45) is 3.35. The molecule has 5 nitrogen and oxygen atoms in total. The van der Waals surface area contributed by atoms with E-state index in [1.54, 1.807) is 12.1 Å². The van der Waals surface area contributed by atoms with Gasteiger partial charge in [0, 0.05) is 11.8 Å². The molecule has 0 amide bonds. The maximum Gasteiger partial charge on any atom is 0.229 e. The first-order valence-corrected chi connectivity index (χ1v) is 6.90. The zero-order chi connectivity index (χ0) is 15.1. The fourth-order valence-electron chi connectivity index (χ4n) is 2.69. The third-order valence-electron chi connectivity index (χ3n) is 3.70. The van der Waals surface area contributed by atoms with Crippen molar-refractivity contribution in [1.82, 2.24) is 20.8 Å². The first-order valence-electron chi connectivity index (χ1n) is 6.90. The quantitative estimate of drug-likeness (QED) is 0.761. The third kappa shape index (κ3) is 2.05. The van der Waals surface area contributed by atoms with E-state index in [1.165, 1.54) is 18.5 Å². The molecule has 0 aliphatic carbocycles. The number of rotatable bonds is 2. The van der Waals surface area contributed by atoms with Crippen LogP contribution in [0.15, 0.2) is 47.3 Å². The van der Waals surface area contributed by atoms with Gasteiger partial charge in [0.1, 0.15) is 17.9 Å². The normalized spacial score (nSPS) is 17.5. The summed E-state index contributed by atoms with van der Waals surface area (Å²) in [7, 11) is 0. The molecule has 1 atom stereocenters. The molecular weight excluding hydrogens is 283 g/mol. The average molecular weight is 296 g/mol. The molecule has 0 bridgehead atoms. The second-order valence-corrected chi connectivity index (χ2v) is 5.17.